The van der Waals surface area contributed by atoms with Crippen LogP contribution in [0.5, 0.6) is 5.75 Å². The zero-order valence-electron chi connectivity index (χ0n) is 12.9. The maximum absolute atomic E-state index is 12.3. The molecule has 1 aromatic heterocycles. The molecule has 122 valence electrons. The summed E-state index contributed by atoms with van der Waals surface area (Å²) >= 11 is 0. The van der Waals surface area contributed by atoms with Crippen LogP contribution >= 0.6 is 0 Å². The van der Waals surface area contributed by atoms with E-state index < -0.39 is 0 Å². The van der Waals surface area contributed by atoms with Gasteiger partial charge in [0.25, 0.3) is 0 Å². The fraction of sp³-hybridized carbons (Fsp3) is 0.429. The van der Waals surface area contributed by atoms with Gasteiger partial charge in [-0.3, -0.25) is 4.79 Å². The number of rotatable bonds is 4. The first kappa shape index (κ1) is 15.4. The summed E-state index contributed by atoms with van der Waals surface area (Å²) in [4.78, 5) is 12.3. The van der Waals surface area contributed by atoms with Crippen molar-refractivity contribution >= 4 is 11.6 Å². The van der Waals surface area contributed by atoms with Crippen molar-refractivity contribution in [1.82, 2.24) is 25.5 Å². The van der Waals surface area contributed by atoms with Crippen molar-refractivity contribution in [2.75, 3.05) is 32.2 Å². The molecule has 3 rings (SSSR count). The third-order valence-corrected chi connectivity index (χ3v) is 3.54. The molecule has 0 spiro atoms. The van der Waals surface area contributed by atoms with Gasteiger partial charge < -0.3 is 20.1 Å². The number of tetrazole rings is 1. The van der Waals surface area contributed by atoms with E-state index in [1.165, 1.54) is 0 Å². The second kappa shape index (κ2) is 6.71. The predicted octanol–water partition coefficient (Wildman–Crippen LogP) is -0.0938. The van der Waals surface area contributed by atoms with Gasteiger partial charge in [0.15, 0.2) is 5.82 Å². The molecule has 1 saturated heterocycles. The number of morpholine rings is 1. The second-order valence-corrected chi connectivity index (χ2v) is 5.10. The number of aromatic nitrogens is 4. The molecular formula is C14H18N6O3. The summed E-state index contributed by atoms with van der Waals surface area (Å²) in [6.07, 6.45) is 0. The lowest BCUT2D eigenvalue weighted by molar-refractivity contribution is -0.120. The van der Waals surface area contributed by atoms with Gasteiger partial charge in [-0.15, -0.1) is 5.10 Å². The Bertz CT molecular complexity index is 696. The highest BCUT2D eigenvalue weighted by atomic mass is 16.5. The number of ether oxygens (including phenoxy) is 2. The maximum atomic E-state index is 12.3. The molecule has 0 bridgehead atoms. The monoisotopic (exact) mass is 318 g/mol. The number of anilines is 1. The number of hydrogen-bond donors (Lipinski definition) is 2. The highest BCUT2D eigenvalue weighted by Gasteiger charge is 2.21. The molecule has 23 heavy (non-hydrogen) atoms. The minimum Gasteiger partial charge on any atom is -0.494 e. The van der Waals surface area contributed by atoms with Gasteiger partial charge >= 0.3 is 0 Å². The summed E-state index contributed by atoms with van der Waals surface area (Å²) < 4.78 is 12.2. The van der Waals surface area contributed by atoms with E-state index in [-0.39, 0.29) is 11.9 Å². The molecule has 1 atom stereocenters. The summed E-state index contributed by atoms with van der Waals surface area (Å²) in [5.74, 6) is 1.08. The van der Waals surface area contributed by atoms with Crippen LogP contribution in [0.25, 0.3) is 5.69 Å². The van der Waals surface area contributed by atoms with E-state index in [1.807, 2.05) is 0 Å². The molecule has 1 aliphatic rings. The molecule has 2 aromatic rings. The number of benzene rings is 1. The average molecular weight is 318 g/mol. The van der Waals surface area contributed by atoms with E-state index in [0.717, 1.165) is 0 Å². The van der Waals surface area contributed by atoms with Crippen LogP contribution in [-0.4, -0.2) is 59.0 Å². The van der Waals surface area contributed by atoms with Crippen LogP contribution in [0.15, 0.2) is 18.2 Å². The summed E-state index contributed by atoms with van der Waals surface area (Å²) in [6.45, 7) is 3.43. The number of nitrogens with one attached hydrogen (secondary N) is 2. The summed E-state index contributed by atoms with van der Waals surface area (Å²) in [5, 5.41) is 17.4. The fourth-order valence-corrected chi connectivity index (χ4v) is 2.35. The van der Waals surface area contributed by atoms with Crippen molar-refractivity contribution in [3.8, 4) is 11.4 Å². The normalized spacial score (nSPS) is 17.7. The van der Waals surface area contributed by atoms with Gasteiger partial charge in [-0.05, 0) is 35.5 Å². The van der Waals surface area contributed by atoms with Crippen molar-refractivity contribution in [2.24, 2.45) is 0 Å². The van der Waals surface area contributed by atoms with Crippen LogP contribution in [0, 0.1) is 6.92 Å². The Kier molecular flexibility index (Phi) is 4.49. The lowest BCUT2D eigenvalue weighted by atomic mass is 10.2. The quantitative estimate of drug-likeness (QED) is 0.812. The number of hydrogen-bond acceptors (Lipinski definition) is 7. The first-order chi connectivity index (χ1) is 11.2. The minimum atomic E-state index is -0.357. The molecule has 2 N–H and O–H groups in total. The number of aryl methyl sites for hydroxylation is 1. The Morgan fingerprint density at radius 2 is 2.39 bits per heavy atom. The molecule has 9 heteroatoms. The van der Waals surface area contributed by atoms with Crippen molar-refractivity contribution < 1.29 is 14.3 Å². The predicted molar refractivity (Wildman–Crippen MR) is 81.7 cm³/mol. The van der Waals surface area contributed by atoms with Crippen molar-refractivity contribution in [3.63, 3.8) is 0 Å². The smallest absolute Gasteiger partial charge is 0.243 e. The first-order valence-electron chi connectivity index (χ1n) is 7.24. The van der Waals surface area contributed by atoms with Crippen LogP contribution in [0.4, 0.5) is 5.69 Å². The second-order valence-electron chi connectivity index (χ2n) is 5.10. The van der Waals surface area contributed by atoms with E-state index in [9.17, 15) is 4.79 Å². The lowest BCUT2D eigenvalue weighted by Crippen LogP contribution is -2.48. The largest absolute Gasteiger partial charge is 0.494 e. The third-order valence-electron chi connectivity index (χ3n) is 3.54. The number of carbonyl (C=O) groups is 1. The molecule has 1 aliphatic heterocycles. The van der Waals surface area contributed by atoms with Gasteiger partial charge in [0, 0.05) is 12.2 Å². The van der Waals surface area contributed by atoms with E-state index in [1.54, 1.807) is 36.9 Å². The van der Waals surface area contributed by atoms with Gasteiger partial charge in [0.2, 0.25) is 5.91 Å². The molecule has 0 aliphatic carbocycles. The van der Waals surface area contributed by atoms with Crippen LogP contribution in [0.2, 0.25) is 0 Å². The molecule has 9 nitrogen and oxygen atoms in total. The minimum absolute atomic E-state index is 0.144. The van der Waals surface area contributed by atoms with Crippen LogP contribution in [-0.2, 0) is 9.53 Å². The summed E-state index contributed by atoms with van der Waals surface area (Å²) in [5.41, 5.74) is 1.29. The van der Waals surface area contributed by atoms with Crippen molar-refractivity contribution in [3.05, 3.63) is 24.0 Å². The van der Waals surface area contributed by atoms with Gasteiger partial charge in [-0.2, -0.15) is 4.68 Å². The van der Waals surface area contributed by atoms with E-state index in [2.05, 4.69) is 26.2 Å². The summed E-state index contributed by atoms with van der Waals surface area (Å²) in [7, 11) is 1.57. The molecule has 0 radical (unpaired) electrons. The molecule has 1 unspecified atom stereocenters. The van der Waals surface area contributed by atoms with Gasteiger partial charge in [-0.25, -0.2) is 0 Å². The number of methoxy groups -OCH3 is 1. The van der Waals surface area contributed by atoms with Crippen molar-refractivity contribution in [1.29, 1.82) is 0 Å². The zero-order valence-corrected chi connectivity index (χ0v) is 12.9. The number of nitrogens with zero attached hydrogens (tertiary/aromatic N) is 4. The molecular weight excluding hydrogens is 300 g/mol. The highest BCUT2D eigenvalue weighted by molar-refractivity contribution is 5.95. The van der Waals surface area contributed by atoms with Crippen molar-refractivity contribution in [2.45, 2.75) is 13.0 Å². The zero-order chi connectivity index (χ0) is 16.2. The number of amides is 1. The van der Waals surface area contributed by atoms with E-state index in [0.29, 0.717) is 42.7 Å². The maximum Gasteiger partial charge on any atom is 0.243 e. The molecule has 2 heterocycles. The highest BCUT2D eigenvalue weighted by Crippen LogP contribution is 2.26. The Morgan fingerprint density at radius 1 is 1.52 bits per heavy atom. The molecule has 1 fully saturated rings. The number of carbonyl (C=O) groups excluding carboxylic acids is 1. The third kappa shape index (κ3) is 3.30. The Labute approximate surface area is 133 Å². The standard InChI is InChI=1S/C14H18N6O3/c1-9-17-18-19-20(9)12-7-10(3-4-13(12)22-2)16-14(21)11-8-23-6-5-15-11/h3-4,7,11,15H,5-6,8H2,1-2H3,(H,16,21). The Morgan fingerprint density at radius 3 is 3.04 bits per heavy atom. The Hall–Kier alpha value is -2.52. The van der Waals surface area contributed by atoms with E-state index in [4.69, 9.17) is 9.47 Å². The molecule has 1 aromatic carbocycles. The summed E-state index contributed by atoms with van der Waals surface area (Å²) in [6, 6.07) is 4.94. The molecule has 1 amide bonds. The van der Waals surface area contributed by atoms with Gasteiger partial charge in [0.1, 0.15) is 17.5 Å². The fourth-order valence-electron chi connectivity index (χ4n) is 2.35. The van der Waals surface area contributed by atoms with Gasteiger partial charge in [0.05, 0.1) is 20.3 Å². The topological polar surface area (TPSA) is 103 Å². The first-order valence-corrected chi connectivity index (χ1v) is 7.24. The SMILES string of the molecule is COc1ccc(NC(=O)C2COCCN2)cc1-n1nnnc1C. The van der Waals surface area contributed by atoms with Crippen LogP contribution in [0.3, 0.4) is 0 Å². The lowest BCUT2D eigenvalue weighted by Gasteiger charge is -2.23. The van der Waals surface area contributed by atoms with E-state index >= 15 is 0 Å². The van der Waals surface area contributed by atoms with Crippen LogP contribution < -0.4 is 15.4 Å². The van der Waals surface area contributed by atoms with Gasteiger partial charge in [-0.1, -0.05) is 0 Å². The molecule has 0 saturated carbocycles. The average Bonchev–Trinajstić information content (AvgIpc) is 3.01. The van der Waals surface area contributed by atoms with Crippen LogP contribution in [0.1, 0.15) is 5.82 Å². The Balaban J connectivity index is 1.83.